The molecule has 0 radical (unpaired) electrons. The van der Waals surface area contributed by atoms with Gasteiger partial charge in [0.15, 0.2) is 6.10 Å². The highest BCUT2D eigenvalue weighted by molar-refractivity contribution is 6.30. The number of halogens is 1. The number of nitrogens with zero attached hydrogens (tertiary/aromatic N) is 2. The second-order valence-corrected chi connectivity index (χ2v) is 7.56. The van der Waals surface area contributed by atoms with Gasteiger partial charge in [0.25, 0.3) is 5.91 Å². The summed E-state index contributed by atoms with van der Waals surface area (Å²) in [6, 6.07) is 13.6. The third kappa shape index (κ3) is 3.42. The highest BCUT2D eigenvalue weighted by atomic mass is 35.5. The fraction of sp³-hybridized carbons (Fsp3) is 0.286. The van der Waals surface area contributed by atoms with Crippen molar-refractivity contribution in [3.63, 3.8) is 0 Å². The molecular formula is C21H20ClN3O4. The maximum atomic E-state index is 13.3. The third-order valence-corrected chi connectivity index (χ3v) is 5.57. The van der Waals surface area contributed by atoms with Crippen LogP contribution in [0.2, 0.25) is 5.02 Å². The summed E-state index contributed by atoms with van der Waals surface area (Å²) in [5, 5.41) is 1.87. The van der Waals surface area contributed by atoms with E-state index in [0.29, 0.717) is 16.3 Å². The summed E-state index contributed by atoms with van der Waals surface area (Å²) < 4.78 is 0. The quantitative estimate of drug-likeness (QED) is 0.759. The van der Waals surface area contributed by atoms with Gasteiger partial charge in [-0.1, -0.05) is 42.8 Å². The lowest BCUT2D eigenvalue weighted by Crippen LogP contribution is -2.40. The van der Waals surface area contributed by atoms with Crippen molar-refractivity contribution in [3.8, 4) is 0 Å². The first kappa shape index (κ1) is 19.6. The van der Waals surface area contributed by atoms with Crippen molar-refractivity contribution >= 4 is 35.0 Å². The van der Waals surface area contributed by atoms with Gasteiger partial charge in [-0.2, -0.15) is 5.06 Å². The SMILES string of the molecule is CCc1ccc(N2C(=O)C3ON(CC(N)=O)C(c4ccc(Cl)cc4)C3C2=O)cc1. The topological polar surface area (TPSA) is 92.9 Å². The Kier molecular flexibility index (Phi) is 5.12. The predicted molar refractivity (Wildman–Crippen MR) is 107 cm³/mol. The normalized spacial score (nSPS) is 24.2. The number of rotatable bonds is 5. The van der Waals surface area contributed by atoms with Crippen LogP contribution in [-0.4, -0.2) is 35.4 Å². The molecule has 2 aromatic rings. The maximum Gasteiger partial charge on any atom is 0.265 e. The molecule has 0 saturated carbocycles. The van der Waals surface area contributed by atoms with E-state index in [9.17, 15) is 14.4 Å². The molecule has 4 rings (SSSR count). The molecule has 2 N–H and O–H groups in total. The van der Waals surface area contributed by atoms with E-state index in [1.807, 2.05) is 19.1 Å². The molecule has 0 aromatic heterocycles. The van der Waals surface area contributed by atoms with E-state index < -0.39 is 29.9 Å². The van der Waals surface area contributed by atoms with E-state index in [-0.39, 0.29) is 12.5 Å². The van der Waals surface area contributed by atoms with E-state index in [0.717, 1.165) is 12.0 Å². The molecule has 0 bridgehead atoms. The molecule has 7 nitrogen and oxygen atoms in total. The number of carbonyl (C=O) groups is 3. The number of carbonyl (C=O) groups excluding carboxylic acids is 3. The van der Waals surface area contributed by atoms with E-state index >= 15 is 0 Å². The molecule has 8 heteroatoms. The van der Waals surface area contributed by atoms with Crippen molar-refractivity contribution in [1.29, 1.82) is 0 Å². The van der Waals surface area contributed by atoms with Gasteiger partial charge >= 0.3 is 0 Å². The zero-order valence-electron chi connectivity index (χ0n) is 15.7. The molecule has 2 aliphatic rings. The van der Waals surface area contributed by atoms with Gasteiger partial charge in [-0.15, -0.1) is 0 Å². The number of hydrogen-bond acceptors (Lipinski definition) is 5. The zero-order valence-corrected chi connectivity index (χ0v) is 16.5. The summed E-state index contributed by atoms with van der Waals surface area (Å²) in [5.74, 6) is -2.21. The first-order valence-electron chi connectivity index (χ1n) is 9.34. The van der Waals surface area contributed by atoms with Crippen LogP contribution >= 0.6 is 11.6 Å². The molecule has 2 aliphatic heterocycles. The third-order valence-electron chi connectivity index (χ3n) is 5.32. The Hall–Kier alpha value is -2.74. The van der Waals surface area contributed by atoms with Gasteiger partial charge in [-0.05, 0) is 41.8 Å². The first-order valence-corrected chi connectivity index (χ1v) is 9.72. The first-order chi connectivity index (χ1) is 13.9. The minimum absolute atomic E-state index is 0.230. The Labute approximate surface area is 172 Å². The van der Waals surface area contributed by atoms with Crippen LogP contribution in [-0.2, 0) is 25.6 Å². The molecule has 2 fully saturated rings. The summed E-state index contributed by atoms with van der Waals surface area (Å²) in [6.45, 7) is 1.80. The van der Waals surface area contributed by atoms with Crippen molar-refractivity contribution < 1.29 is 19.2 Å². The lowest BCUT2D eigenvalue weighted by Gasteiger charge is -2.26. The number of nitrogens with two attached hydrogens (primary N) is 1. The molecule has 2 aromatic carbocycles. The number of hydrogen-bond donors (Lipinski definition) is 1. The van der Waals surface area contributed by atoms with Crippen molar-refractivity contribution in [2.45, 2.75) is 25.5 Å². The fourth-order valence-corrected chi connectivity index (χ4v) is 4.05. The Morgan fingerprint density at radius 2 is 1.72 bits per heavy atom. The van der Waals surface area contributed by atoms with Crippen LogP contribution in [0.1, 0.15) is 24.1 Å². The number of hydroxylamine groups is 2. The molecule has 3 amide bonds. The van der Waals surface area contributed by atoms with Crippen LogP contribution in [0.3, 0.4) is 0 Å². The maximum absolute atomic E-state index is 13.3. The van der Waals surface area contributed by atoms with Crippen LogP contribution < -0.4 is 10.6 Å². The number of aryl methyl sites for hydroxylation is 1. The largest absolute Gasteiger partial charge is 0.368 e. The summed E-state index contributed by atoms with van der Waals surface area (Å²) in [4.78, 5) is 44.8. The Morgan fingerprint density at radius 3 is 2.31 bits per heavy atom. The molecule has 2 heterocycles. The second kappa shape index (κ2) is 7.59. The van der Waals surface area contributed by atoms with Crippen LogP contribution in [0, 0.1) is 5.92 Å². The van der Waals surface area contributed by atoms with Gasteiger partial charge in [0.1, 0.15) is 6.54 Å². The number of imide groups is 1. The average molecular weight is 414 g/mol. The molecule has 2 saturated heterocycles. The smallest absolute Gasteiger partial charge is 0.265 e. The standard InChI is InChI=1S/C21H20ClN3O4/c1-2-12-3-9-15(10-4-12)25-20(27)17-18(13-5-7-14(22)8-6-13)24(11-16(23)26)29-19(17)21(25)28/h3-10,17-19H,2,11H2,1H3,(H2,23,26). The molecule has 0 aliphatic carbocycles. The summed E-state index contributed by atoms with van der Waals surface area (Å²) >= 11 is 5.98. The number of primary amides is 1. The van der Waals surface area contributed by atoms with Crippen LogP contribution in [0.15, 0.2) is 48.5 Å². The summed E-state index contributed by atoms with van der Waals surface area (Å²) in [5.41, 5.74) is 7.67. The van der Waals surface area contributed by atoms with Gasteiger partial charge in [-0.3, -0.25) is 19.2 Å². The van der Waals surface area contributed by atoms with Crippen molar-refractivity contribution in [1.82, 2.24) is 5.06 Å². The molecule has 3 unspecified atom stereocenters. The number of benzene rings is 2. The van der Waals surface area contributed by atoms with Gasteiger partial charge in [0.2, 0.25) is 11.8 Å². The van der Waals surface area contributed by atoms with E-state index in [1.54, 1.807) is 36.4 Å². The van der Waals surface area contributed by atoms with Crippen LogP contribution in [0.25, 0.3) is 0 Å². The second-order valence-electron chi connectivity index (χ2n) is 7.12. The monoisotopic (exact) mass is 413 g/mol. The number of amides is 3. The van der Waals surface area contributed by atoms with Crippen molar-refractivity contribution in [2.24, 2.45) is 11.7 Å². The zero-order chi connectivity index (χ0) is 20.7. The molecule has 0 spiro atoms. The number of fused-ring (bicyclic) bond motifs is 1. The van der Waals surface area contributed by atoms with Gasteiger partial charge in [0, 0.05) is 5.02 Å². The fourth-order valence-electron chi connectivity index (χ4n) is 3.93. The minimum Gasteiger partial charge on any atom is -0.368 e. The summed E-state index contributed by atoms with van der Waals surface area (Å²) in [6.07, 6.45) is -0.148. The van der Waals surface area contributed by atoms with Crippen LogP contribution in [0.4, 0.5) is 5.69 Å². The molecule has 150 valence electrons. The van der Waals surface area contributed by atoms with E-state index in [1.165, 1.54) is 9.96 Å². The Morgan fingerprint density at radius 1 is 1.07 bits per heavy atom. The lowest BCUT2D eigenvalue weighted by atomic mass is 9.91. The Bertz CT molecular complexity index is 961. The van der Waals surface area contributed by atoms with E-state index in [4.69, 9.17) is 22.2 Å². The molecular weight excluding hydrogens is 394 g/mol. The molecule has 3 atom stereocenters. The summed E-state index contributed by atoms with van der Waals surface area (Å²) in [7, 11) is 0. The van der Waals surface area contributed by atoms with Gasteiger partial charge < -0.3 is 5.73 Å². The van der Waals surface area contributed by atoms with E-state index in [2.05, 4.69) is 0 Å². The highest BCUT2D eigenvalue weighted by Gasteiger charge is 2.60. The Balaban J connectivity index is 1.70. The lowest BCUT2D eigenvalue weighted by molar-refractivity contribution is -0.175. The van der Waals surface area contributed by atoms with Crippen LogP contribution in [0.5, 0.6) is 0 Å². The average Bonchev–Trinajstić information content (AvgIpc) is 3.18. The molecule has 29 heavy (non-hydrogen) atoms. The van der Waals surface area contributed by atoms with Crippen molar-refractivity contribution in [2.75, 3.05) is 11.4 Å². The van der Waals surface area contributed by atoms with Gasteiger partial charge in [0.05, 0.1) is 17.6 Å². The van der Waals surface area contributed by atoms with Crippen molar-refractivity contribution in [3.05, 3.63) is 64.7 Å². The predicted octanol–water partition coefficient (Wildman–Crippen LogP) is 2.23. The minimum atomic E-state index is -1.01. The van der Waals surface area contributed by atoms with Gasteiger partial charge in [-0.25, -0.2) is 4.90 Å². The highest BCUT2D eigenvalue weighted by Crippen LogP contribution is 2.45. The number of anilines is 1.